The number of nitro groups is 1. The second kappa shape index (κ2) is 12.8. The van der Waals surface area contributed by atoms with Crippen molar-refractivity contribution in [3.63, 3.8) is 0 Å². The topological polar surface area (TPSA) is 177 Å². The lowest BCUT2D eigenvalue weighted by Gasteiger charge is -2.34. The van der Waals surface area contributed by atoms with Crippen molar-refractivity contribution in [2.24, 2.45) is 0 Å². The standard InChI is InChI=1S/C20H29N5O8/c26-17(27)13-22-7-5-21-6-8-23(14-18(28)29)10-12-24(11-9-22)19(20(30)31)15-1-3-16(4-2-15)25(32)33/h1-4,19,21H,5-14H2,(H,26,27)(H,28,29)(H,30,31). The molecule has 1 aromatic carbocycles. The van der Waals surface area contributed by atoms with Crippen LogP contribution < -0.4 is 5.32 Å². The highest BCUT2D eigenvalue weighted by molar-refractivity contribution is 5.75. The van der Waals surface area contributed by atoms with E-state index < -0.39 is 28.9 Å². The fourth-order valence-electron chi connectivity index (χ4n) is 3.72. The summed E-state index contributed by atoms with van der Waals surface area (Å²) in [5, 5.41) is 42.5. The number of carboxylic acid groups (broad SMARTS) is 3. The summed E-state index contributed by atoms with van der Waals surface area (Å²) in [6.07, 6.45) is 0. The van der Waals surface area contributed by atoms with Crippen LogP contribution in [0, 0.1) is 10.1 Å². The first kappa shape index (κ1) is 26.1. The normalized spacial score (nSPS) is 18.5. The third kappa shape index (κ3) is 8.73. The van der Waals surface area contributed by atoms with Gasteiger partial charge in [0.15, 0.2) is 0 Å². The minimum atomic E-state index is -1.16. The van der Waals surface area contributed by atoms with Crippen molar-refractivity contribution >= 4 is 23.6 Å². The summed E-state index contributed by atoms with van der Waals surface area (Å²) in [6.45, 7) is 2.43. The zero-order valence-electron chi connectivity index (χ0n) is 18.1. The van der Waals surface area contributed by atoms with Crippen molar-refractivity contribution in [3.8, 4) is 0 Å². The molecule has 1 atom stereocenters. The molecule has 0 aliphatic carbocycles. The van der Waals surface area contributed by atoms with Crippen molar-refractivity contribution in [3.05, 3.63) is 39.9 Å². The van der Waals surface area contributed by atoms with Gasteiger partial charge in [0.05, 0.1) is 18.0 Å². The maximum absolute atomic E-state index is 12.2. The summed E-state index contributed by atoms with van der Waals surface area (Å²) in [5.74, 6) is -3.15. The molecule has 0 amide bonds. The Bertz CT molecular complexity index is 804. The van der Waals surface area contributed by atoms with Crippen molar-refractivity contribution in [2.75, 3.05) is 65.4 Å². The van der Waals surface area contributed by atoms with Gasteiger partial charge in [0.25, 0.3) is 5.69 Å². The number of hydrogen-bond donors (Lipinski definition) is 4. The van der Waals surface area contributed by atoms with Crippen LogP contribution in [0.4, 0.5) is 5.69 Å². The van der Waals surface area contributed by atoms with Gasteiger partial charge in [-0.25, -0.2) is 0 Å². The Labute approximate surface area is 190 Å². The highest BCUT2D eigenvalue weighted by Crippen LogP contribution is 2.24. The van der Waals surface area contributed by atoms with Gasteiger partial charge in [-0.05, 0) is 5.56 Å². The average molecular weight is 467 g/mol. The monoisotopic (exact) mass is 467 g/mol. The summed E-state index contributed by atoms with van der Waals surface area (Å²) < 4.78 is 0. The number of non-ortho nitro benzene ring substituents is 1. The van der Waals surface area contributed by atoms with Crippen LogP contribution in [0.2, 0.25) is 0 Å². The number of rotatable bonds is 8. The van der Waals surface area contributed by atoms with Gasteiger partial charge in [-0.15, -0.1) is 0 Å². The molecule has 33 heavy (non-hydrogen) atoms. The van der Waals surface area contributed by atoms with E-state index >= 15 is 0 Å². The minimum Gasteiger partial charge on any atom is -0.480 e. The van der Waals surface area contributed by atoms with Crippen molar-refractivity contribution in [2.45, 2.75) is 6.04 Å². The lowest BCUT2D eigenvalue weighted by Crippen LogP contribution is -2.48. The van der Waals surface area contributed by atoms with Gasteiger partial charge in [-0.2, -0.15) is 0 Å². The number of carbonyl (C=O) groups is 3. The van der Waals surface area contributed by atoms with Crippen LogP contribution in [0.3, 0.4) is 0 Å². The number of aliphatic carboxylic acids is 3. The van der Waals surface area contributed by atoms with E-state index in [-0.39, 0.29) is 45.0 Å². The van der Waals surface area contributed by atoms with E-state index in [4.69, 9.17) is 0 Å². The Morgan fingerprint density at radius 3 is 1.76 bits per heavy atom. The van der Waals surface area contributed by atoms with Gasteiger partial charge in [-0.3, -0.25) is 39.2 Å². The molecule has 1 aliphatic heterocycles. The highest BCUT2D eigenvalue weighted by Gasteiger charge is 2.29. The summed E-state index contributed by atoms with van der Waals surface area (Å²) in [5.41, 5.74) is 0.181. The molecule has 0 radical (unpaired) electrons. The van der Waals surface area contributed by atoms with Crippen molar-refractivity contribution in [1.29, 1.82) is 0 Å². The van der Waals surface area contributed by atoms with E-state index in [1.165, 1.54) is 24.3 Å². The fraction of sp³-hybridized carbons (Fsp3) is 0.550. The van der Waals surface area contributed by atoms with Crippen LogP contribution in [-0.4, -0.2) is 118 Å². The third-order valence-corrected chi connectivity index (χ3v) is 5.35. The van der Waals surface area contributed by atoms with Gasteiger partial charge in [0.1, 0.15) is 6.04 Å². The molecule has 0 bridgehead atoms. The molecule has 13 heteroatoms. The fourth-order valence-corrected chi connectivity index (χ4v) is 3.72. The number of nitrogens with zero attached hydrogens (tertiary/aromatic N) is 4. The highest BCUT2D eigenvalue weighted by atomic mass is 16.6. The first-order valence-corrected chi connectivity index (χ1v) is 10.5. The number of carboxylic acids is 3. The van der Waals surface area contributed by atoms with Crippen LogP contribution in [0.15, 0.2) is 24.3 Å². The summed E-state index contributed by atoms with van der Waals surface area (Å²) in [7, 11) is 0. The van der Waals surface area contributed by atoms with Crippen molar-refractivity contribution < 1.29 is 34.6 Å². The third-order valence-electron chi connectivity index (χ3n) is 5.35. The second-order valence-electron chi connectivity index (χ2n) is 7.72. The maximum Gasteiger partial charge on any atom is 0.325 e. The maximum atomic E-state index is 12.2. The Kier molecular flexibility index (Phi) is 10.1. The van der Waals surface area contributed by atoms with Crippen LogP contribution in [0.1, 0.15) is 11.6 Å². The van der Waals surface area contributed by atoms with E-state index in [1.54, 1.807) is 14.7 Å². The zero-order valence-corrected chi connectivity index (χ0v) is 18.1. The molecule has 182 valence electrons. The molecule has 1 heterocycles. The summed E-state index contributed by atoms with van der Waals surface area (Å²) >= 11 is 0. The van der Waals surface area contributed by atoms with E-state index in [9.17, 15) is 39.8 Å². The molecule has 4 N–H and O–H groups in total. The van der Waals surface area contributed by atoms with Crippen LogP contribution >= 0.6 is 0 Å². The predicted molar refractivity (Wildman–Crippen MR) is 116 cm³/mol. The molecule has 0 spiro atoms. The molecule has 1 fully saturated rings. The largest absolute Gasteiger partial charge is 0.480 e. The van der Waals surface area contributed by atoms with Gasteiger partial charge in [0.2, 0.25) is 0 Å². The summed E-state index contributed by atoms with van der Waals surface area (Å²) in [4.78, 5) is 50.1. The number of nitro benzene ring substituents is 1. The van der Waals surface area contributed by atoms with Gasteiger partial charge in [0, 0.05) is 64.5 Å². The molecule has 1 aliphatic rings. The molecule has 1 saturated heterocycles. The molecule has 1 aromatic rings. The van der Waals surface area contributed by atoms with E-state index in [0.717, 1.165) is 0 Å². The van der Waals surface area contributed by atoms with Gasteiger partial charge >= 0.3 is 17.9 Å². The molecule has 0 saturated carbocycles. The lowest BCUT2D eigenvalue weighted by molar-refractivity contribution is -0.384. The molecule has 2 rings (SSSR count). The SMILES string of the molecule is O=C(O)CN1CCNCCN(CC(=O)O)CCN(C(C(=O)O)c2ccc([N+](=O)[O-])cc2)CC1. The number of benzene rings is 1. The van der Waals surface area contributed by atoms with Crippen molar-refractivity contribution in [1.82, 2.24) is 20.0 Å². The van der Waals surface area contributed by atoms with E-state index in [1.807, 2.05) is 0 Å². The van der Waals surface area contributed by atoms with Crippen LogP contribution in [-0.2, 0) is 14.4 Å². The van der Waals surface area contributed by atoms with E-state index in [0.29, 0.717) is 31.7 Å². The Morgan fingerprint density at radius 1 is 0.879 bits per heavy atom. The molecular weight excluding hydrogens is 438 g/mol. The van der Waals surface area contributed by atoms with Crippen LogP contribution in [0.25, 0.3) is 0 Å². The smallest absolute Gasteiger partial charge is 0.325 e. The first-order valence-electron chi connectivity index (χ1n) is 10.5. The number of nitrogens with one attached hydrogen (secondary N) is 1. The molecule has 1 unspecified atom stereocenters. The molecule has 13 nitrogen and oxygen atoms in total. The predicted octanol–water partition coefficient (Wildman–Crippen LogP) is -0.601. The lowest BCUT2D eigenvalue weighted by atomic mass is 10.0. The van der Waals surface area contributed by atoms with E-state index in [2.05, 4.69) is 5.32 Å². The molecular formula is C20H29N5O8. The van der Waals surface area contributed by atoms with Crippen LogP contribution in [0.5, 0.6) is 0 Å². The molecule has 0 aromatic heterocycles. The van der Waals surface area contributed by atoms with Gasteiger partial charge in [-0.1, -0.05) is 12.1 Å². The minimum absolute atomic E-state index is 0.163. The summed E-state index contributed by atoms with van der Waals surface area (Å²) in [6, 6.07) is 4.12. The average Bonchev–Trinajstić information content (AvgIpc) is 2.72. The number of hydrogen-bond acceptors (Lipinski definition) is 9. The second-order valence-corrected chi connectivity index (χ2v) is 7.72. The Hall–Kier alpha value is -3.13. The van der Waals surface area contributed by atoms with Gasteiger partial charge < -0.3 is 20.6 Å². The quantitative estimate of drug-likeness (QED) is 0.282. The Morgan fingerprint density at radius 2 is 1.36 bits per heavy atom. The Balaban J connectivity index is 2.30. The zero-order chi connectivity index (χ0) is 24.4. The first-order chi connectivity index (χ1) is 15.7.